The summed E-state index contributed by atoms with van der Waals surface area (Å²) in [6.45, 7) is 2.34. The number of nitrogens with one attached hydrogen (secondary N) is 1. The van der Waals surface area contributed by atoms with Crippen LogP contribution in [0.15, 0.2) is 18.2 Å². The lowest BCUT2D eigenvalue weighted by molar-refractivity contribution is 0.545. The number of halogens is 2. The summed E-state index contributed by atoms with van der Waals surface area (Å²) in [6.07, 6.45) is 5.73. The molecule has 1 atom stereocenters. The van der Waals surface area contributed by atoms with Gasteiger partial charge in [0, 0.05) is 25.1 Å². The quantitative estimate of drug-likeness (QED) is 0.751. The minimum absolute atomic E-state index is 0.140. The standard InChI is InChI=1S/C12H13F2N/c1-3-4-9(2)15-8-10-5-11(13)7-12(14)6-10/h1,5-7,9,15H,4,8H2,2H3. The number of benzene rings is 1. The van der Waals surface area contributed by atoms with Crippen LogP contribution in [0.3, 0.4) is 0 Å². The minimum Gasteiger partial charge on any atom is -0.309 e. The molecule has 0 aliphatic carbocycles. The fourth-order valence-electron chi connectivity index (χ4n) is 1.25. The third kappa shape index (κ3) is 4.09. The fraction of sp³-hybridized carbons (Fsp3) is 0.333. The summed E-state index contributed by atoms with van der Waals surface area (Å²) in [5, 5.41) is 3.08. The second kappa shape index (κ2) is 5.47. The molecule has 1 unspecified atom stereocenters. The van der Waals surface area contributed by atoms with Gasteiger partial charge in [-0.25, -0.2) is 8.78 Å². The number of hydrogen-bond acceptors (Lipinski definition) is 1. The first-order valence-electron chi connectivity index (χ1n) is 4.73. The second-order valence-corrected chi connectivity index (χ2v) is 3.47. The highest BCUT2D eigenvalue weighted by Gasteiger charge is 2.02. The van der Waals surface area contributed by atoms with Crippen molar-refractivity contribution < 1.29 is 8.78 Å². The van der Waals surface area contributed by atoms with Crippen LogP contribution >= 0.6 is 0 Å². The molecule has 0 bridgehead atoms. The van der Waals surface area contributed by atoms with E-state index in [1.165, 1.54) is 12.1 Å². The van der Waals surface area contributed by atoms with E-state index in [2.05, 4.69) is 11.2 Å². The largest absolute Gasteiger partial charge is 0.309 e. The molecule has 0 aliphatic heterocycles. The van der Waals surface area contributed by atoms with Gasteiger partial charge in [0.1, 0.15) is 11.6 Å². The van der Waals surface area contributed by atoms with Crippen molar-refractivity contribution in [3.05, 3.63) is 35.4 Å². The highest BCUT2D eigenvalue weighted by Crippen LogP contribution is 2.07. The summed E-state index contributed by atoms with van der Waals surface area (Å²) >= 11 is 0. The summed E-state index contributed by atoms with van der Waals surface area (Å²) < 4.78 is 25.6. The van der Waals surface area contributed by atoms with Crippen LogP contribution in [0.5, 0.6) is 0 Å². The van der Waals surface area contributed by atoms with Crippen LogP contribution in [-0.4, -0.2) is 6.04 Å². The van der Waals surface area contributed by atoms with Crippen molar-refractivity contribution in [1.29, 1.82) is 0 Å². The minimum atomic E-state index is -0.559. The van der Waals surface area contributed by atoms with Crippen molar-refractivity contribution in [3.8, 4) is 12.3 Å². The van der Waals surface area contributed by atoms with Crippen LogP contribution in [0.25, 0.3) is 0 Å². The molecule has 15 heavy (non-hydrogen) atoms. The topological polar surface area (TPSA) is 12.0 Å². The first-order valence-corrected chi connectivity index (χ1v) is 4.73. The molecule has 0 aromatic heterocycles. The molecule has 3 heteroatoms. The van der Waals surface area contributed by atoms with Gasteiger partial charge in [0.2, 0.25) is 0 Å². The van der Waals surface area contributed by atoms with Crippen LogP contribution in [-0.2, 0) is 6.54 Å². The van der Waals surface area contributed by atoms with Gasteiger partial charge >= 0.3 is 0 Å². The van der Waals surface area contributed by atoms with Crippen LogP contribution in [0.1, 0.15) is 18.9 Å². The van der Waals surface area contributed by atoms with Gasteiger partial charge in [0.25, 0.3) is 0 Å². The van der Waals surface area contributed by atoms with Gasteiger partial charge in [0.05, 0.1) is 0 Å². The summed E-state index contributed by atoms with van der Waals surface area (Å²) in [7, 11) is 0. The van der Waals surface area contributed by atoms with Gasteiger partial charge in [-0.1, -0.05) is 0 Å². The summed E-state index contributed by atoms with van der Waals surface area (Å²) in [5.41, 5.74) is 0.580. The Bertz CT molecular complexity index is 348. The van der Waals surface area contributed by atoms with Crippen molar-refractivity contribution in [3.63, 3.8) is 0 Å². The molecule has 0 radical (unpaired) electrons. The molecular weight excluding hydrogens is 196 g/mol. The van der Waals surface area contributed by atoms with E-state index in [1.54, 1.807) is 0 Å². The zero-order chi connectivity index (χ0) is 11.3. The van der Waals surface area contributed by atoms with Crippen LogP contribution < -0.4 is 5.32 Å². The van der Waals surface area contributed by atoms with Gasteiger partial charge in [-0.15, -0.1) is 12.3 Å². The average Bonchev–Trinajstić information content (AvgIpc) is 2.14. The lowest BCUT2D eigenvalue weighted by Crippen LogP contribution is -2.24. The zero-order valence-corrected chi connectivity index (χ0v) is 8.56. The molecule has 1 aromatic rings. The number of hydrogen-bond donors (Lipinski definition) is 1. The SMILES string of the molecule is C#CCC(C)NCc1cc(F)cc(F)c1. The highest BCUT2D eigenvalue weighted by atomic mass is 19.1. The molecule has 1 nitrogen and oxygen atoms in total. The maximum atomic E-state index is 12.8. The van der Waals surface area contributed by atoms with Crippen molar-refractivity contribution in [2.45, 2.75) is 25.9 Å². The summed E-state index contributed by atoms with van der Waals surface area (Å²) in [4.78, 5) is 0. The van der Waals surface area contributed by atoms with E-state index in [0.717, 1.165) is 6.07 Å². The molecule has 80 valence electrons. The maximum Gasteiger partial charge on any atom is 0.126 e. The van der Waals surface area contributed by atoms with E-state index in [-0.39, 0.29) is 6.04 Å². The predicted octanol–water partition coefficient (Wildman–Crippen LogP) is 2.47. The second-order valence-electron chi connectivity index (χ2n) is 3.47. The zero-order valence-electron chi connectivity index (χ0n) is 8.56. The maximum absolute atomic E-state index is 12.8. The molecular formula is C12H13F2N. The molecule has 0 aliphatic rings. The Hall–Kier alpha value is -1.40. The predicted molar refractivity (Wildman–Crippen MR) is 56.1 cm³/mol. The molecule has 1 N–H and O–H groups in total. The van der Waals surface area contributed by atoms with E-state index < -0.39 is 11.6 Å². The van der Waals surface area contributed by atoms with E-state index in [0.29, 0.717) is 18.5 Å². The van der Waals surface area contributed by atoms with Crippen LogP contribution in [0, 0.1) is 24.0 Å². The molecule has 0 spiro atoms. The van der Waals surface area contributed by atoms with E-state index in [9.17, 15) is 8.78 Å². The number of rotatable bonds is 4. The van der Waals surface area contributed by atoms with E-state index in [4.69, 9.17) is 6.42 Å². The van der Waals surface area contributed by atoms with E-state index in [1.807, 2.05) is 6.92 Å². The third-order valence-corrected chi connectivity index (χ3v) is 2.00. The van der Waals surface area contributed by atoms with Crippen molar-refractivity contribution in [2.75, 3.05) is 0 Å². The number of terminal acetylenes is 1. The van der Waals surface area contributed by atoms with Crippen molar-refractivity contribution >= 4 is 0 Å². The van der Waals surface area contributed by atoms with Crippen LogP contribution in [0.2, 0.25) is 0 Å². The Labute approximate surface area is 88.5 Å². The van der Waals surface area contributed by atoms with Gasteiger partial charge < -0.3 is 5.32 Å². The Morgan fingerprint density at radius 3 is 2.47 bits per heavy atom. The smallest absolute Gasteiger partial charge is 0.126 e. The average molecular weight is 209 g/mol. The monoisotopic (exact) mass is 209 g/mol. The molecule has 0 heterocycles. The van der Waals surface area contributed by atoms with Gasteiger partial charge in [-0.05, 0) is 24.6 Å². The summed E-state index contributed by atoms with van der Waals surface area (Å²) in [5.74, 6) is 1.40. The molecule has 0 saturated carbocycles. The Balaban J connectivity index is 2.54. The lowest BCUT2D eigenvalue weighted by atomic mass is 10.2. The first kappa shape index (κ1) is 11.7. The van der Waals surface area contributed by atoms with Crippen molar-refractivity contribution in [2.24, 2.45) is 0 Å². The third-order valence-electron chi connectivity index (χ3n) is 2.00. The normalized spacial score (nSPS) is 12.1. The van der Waals surface area contributed by atoms with Gasteiger partial charge in [-0.3, -0.25) is 0 Å². The Kier molecular flexibility index (Phi) is 4.26. The van der Waals surface area contributed by atoms with E-state index >= 15 is 0 Å². The Morgan fingerprint density at radius 2 is 1.93 bits per heavy atom. The molecule has 0 saturated heterocycles. The molecule has 1 rings (SSSR count). The van der Waals surface area contributed by atoms with Crippen LogP contribution in [0.4, 0.5) is 8.78 Å². The van der Waals surface area contributed by atoms with Crippen molar-refractivity contribution in [1.82, 2.24) is 5.32 Å². The molecule has 0 amide bonds. The summed E-state index contributed by atoms with van der Waals surface area (Å²) in [6, 6.07) is 3.60. The van der Waals surface area contributed by atoms with Gasteiger partial charge in [0.15, 0.2) is 0 Å². The lowest BCUT2D eigenvalue weighted by Gasteiger charge is -2.10. The molecule has 0 fully saturated rings. The van der Waals surface area contributed by atoms with Gasteiger partial charge in [-0.2, -0.15) is 0 Å². The first-order chi connectivity index (χ1) is 7.11. The Morgan fingerprint density at radius 1 is 1.33 bits per heavy atom. The fourth-order valence-corrected chi connectivity index (χ4v) is 1.25. The molecule has 1 aromatic carbocycles. The highest BCUT2D eigenvalue weighted by molar-refractivity contribution is 5.17.